The molecular formula is C16H16N2O6S. The van der Waals surface area contributed by atoms with Crippen molar-refractivity contribution in [3.8, 4) is 5.75 Å². The number of carbonyl (C=O) groups is 1. The van der Waals surface area contributed by atoms with E-state index in [0.29, 0.717) is 5.69 Å². The number of non-ortho nitro benzene ring substituents is 1. The third-order valence-electron chi connectivity index (χ3n) is 3.28. The Morgan fingerprint density at radius 1 is 1.20 bits per heavy atom. The van der Waals surface area contributed by atoms with Crippen molar-refractivity contribution >= 4 is 27.1 Å². The maximum atomic E-state index is 11.9. The van der Waals surface area contributed by atoms with Gasteiger partial charge in [-0.1, -0.05) is 13.0 Å². The minimum absolute atomic E-state index is 0.00421. The lowest BCUT2D eigenvalue weighted by Crippen LogP contribution is -2.20. The minimum Gasteiger partial charge on any atom is -0.484 e. The van der Waals surface area contributed by atoms with Crippen LogP contribution in [-0.2, 0) is 14.6 Å². The topological polar surface area (TPSA) is 116 Å². The molecule has 0 aromatic heterocycles. The number of sulfone groups is 1. The predicted octanol–water partition coefficient (Wildman–Crippen LogP) is 2.41. The van der Waals surface area contributed by atoms with Gasteiger partial charge in [0.2, 0.25) is 0 Å². The fourth-order valence-electron chi connectivity index (χ4n) is 1.95. The number of rotatable bonds is 7. The van der Waals surface area contributed by atoms with E-state index in [0.717, 1.165) is 0 Å². The predicted molar refractivity (Wildman–Crippen MR) is 91.4 cm³/mol. The number of anilines is 1. The molecule has 0 bridgehead atoms. The quantitative estimate of drug-likeness (QED) is 0.596. The molecule has 0 aliphatic heterocycles. The number of hydrogen-bond donors (Lipinski definition) is 1. The largest absolute Gasteiger partial charge is 0.484 e. The molecule has 0 aliphatic carbocycles. The van der Waals surface area contributed by atoms with Gasteiger partial charge in [0, 0.05) is 11.8 Å². The summed E-state index contributed by atoms with van der Waals surface area (Å²) in [5, 5.41) is 13.2. The molecule has 9 heteroatoms. The van der Waals surface area contributed by atoms with Crippen LogP contribution in [0.25, 0.3) is 0 Å². The van der Waals surface area contributed by atoms with Crippen molar-refractivity contribution in [1.82, 2.24) is 0 Å². The van der Waals surface area contributed by atoms with E-state index in [9.17, 15) is 23.3 Å². The van der Waals surface area contributed by atoms with E-state index >= 15 is 0 Å². The number of nitro groups is 1. The molecule has 0 radical (unpaired) electrons. The van der Waals surface area contributed by atoms with E-state index in [-0.39, 0.29) is 28.7 Å². The lowest BCUT2D eigenvalue weighted by Gasteiger charge is -2.08. The highest BCUT2D eigenvalue weighted by Gasteiger charge is 2.12. The Hall–Kier alpha value is -2.94. The van der Waals surface area contributed by atoms with E-state index < -0.39 is 20.7 Å². The molecule has 1 amide bonds. The second-order valence-electron chi connectivity index (χ2n) is 5.02. The first kappa shape index (κ1) is 18.4. The Kier molecular flexibility index (Phi) is 5.71. The third-order valence-corrected chi connectivity index (χ3v) is 5.03. The second-order valence-corrected chi connectivity index (χ2v) is 7.30. The fourth-order valence-corrected chi connectivity index (χ4v) is 2.83. The van der Waals surface area contributed by atoms with Crippen LogP contribution in [0.5, 0.6) is 5.75 Å². The second kappa shape index (κ2) is 7.75. The Morgan fingerprint density at radius 3 is 2.48 bits per heavy atom. The Balaban J connectivity index is 1.94. The normalized spacial score (nSPS) is 10.9. The molecule has 2 aromatic carbocycles. The highest BCUT2D eigenvalue weighted by molar-refractivity contribution is 7.91. The molecule has 2 rings (SSSR count). The van der Waals surface area contributed by atoms with Crippen LogP contribution in [0.4, 0.5) is 11.4 Å². The summed E-state index contributed by atoms with van der Waals surface area (Å²) in [6, 6.07) is 11.3. The van der Waals surface area contributed by atoms with E-state index in [1.165, 1.54) is 48.5 Å². The van der Waals surface area contributed by atoms with Crippen molar-refractivity contribution in [2.75, 3.05) is 17.7 Å². The molecule has 0 heterocycles. The highest BCUT2D eigenvalue weighted by atomic mass is 32.2. The van der Waals surface area contributed by atoms with E-state index in [1.54, 1.807) is 6.92 Å². The zero-order valence-corrected chi connectivity index (χ0v) is 14.2. The summed E-state index contributed by atoms with van der Waals surface area (Å²) in [6.07, 6.45) is 0. The maximum Gasteiger partial charge on any atom is 0.273 e. The SMILES string of the molecule is CCS(=O)(=O)c1ccc(NC(=O)COc2cccc([N+](=O)[O-])c2)cc1. The van der Waals surface area contributed by atoms with Gasteiger partial charge in [-0.25, -0.2) is 8.42 Å². The van der Waals surface area contributed by atoms with Gasteiger partial charge >= 0.3 is 0 Å². The molecule has 25 heavy (non-hydrogen) atoms. The smallest absolute Gasteiger partial charge is 0.273 e. The van der Waals surface area contributed by atoms with Gasteiger partial charge < -0.3 is 10.1 Å². The summed E-state index contributed by atoms with van der Waals surface area (Å²) in [7, 11) is -3.29. The van der Waals surface area contributed by atoms with Crippen LogP contribution in [0.3, 0.4) is 0 Å². The van der Waals surface area contributed by atoms with Gasteiger partial charge in [-0.15, -0.1) is 0 Å². The maximum absolute atomic E-state index is 11.9. The van der Waals surface area contributed by atoms with Crippen molar-refractivity contribution in [1.29, 1.82) is 0 Å². The lowest BCUT2D eigenvalue weighted by molar-refractivity contribution is -0.384. The molecule has 0 atom stereocenters. The Morgan fingerprint density at radius 2 is 1.88 bits per heavy atom. The first-order chi connectivity index (χ1) is 11.8. The highest BCUT2D eigenvalue weighted by Crippen LogP contribution is 2.19. The molecule has 2 aromatic rings. The standard InChI is InChI=1S/C16H16N2O6S/c1-2-25(22,23)15-8-6-12(7-9-15)17-16(19)11-24-14-5-3-4-13(10-14)18(20)21/h3-10H,2,11H2,1H3,(H,17,19). The molecule has 0 saturated carbocycles. The van der Waals surface area contributed by atoms with Gasteiger partial charge in [0.25, 0.3) is 11.6 Å². The van der Waals surface area contributed by atoms with Crippen LogP contribution in [-0.4, -0.2) is 31.6 Å². The zero-order valence-electron chi connectivity index (χ0n) is 13.3. The average molecular weight is 364 g/mol. The van der Waals surface area contributed by atoms with Crippen LogP contribution in [0.1, 0.15) is 6.92 Å². The number of nitrogens with one attached hydrogen (secondary N) is 1. The summed E-state index contributed by atoms with van der Waals surface area (Å²) in [4.78, 5) is 22.2. The van der Waals surface area contributed by atoms with Crippen LogP contribution < -0.4 is 10.1 Å². The summed E-state index contributed by atoms with van der Waals surface area (Å²) < 4.78 is 28.6. The van der Waals surface area contributed by atoms with Gasteiger partial charge in [-0.2, -0.15) is 0 Å². The van der Waals surface area contributed by atoms with Crippen LogP contribution >= 0.6 is 0 Å². The molecule has 0 saturated heterocycles. The van der Waals surface area contributed by atoms with E-state index in [2.05, 4.69) is 5.32 Å². The molecular weight excluding hydrogens is 348 g/mol. The number of benzene rings is 2. The van der Waals surface area contributed by atoms with Crippen LogP contribution in [0.15, 0.2) is 53.4 Å². The number of carbonyl (C=O) groups excluding carboxylic acids is 1. The first-order valence-electron chi connectivity index (χ1n) is 7.32. The Bertz CT molecular complexity index is 878. The molecule has 0 fully saturated rings. The molecule has 1 N–H and O–H groups in total. The first-order valence-corrected chi connectivity index (χ1v) is 8.97. The number of nitro benzene ring substituents is 1. The van der Waals surface area contributed by atoms with E-state index in [1.807, 2.05) is 0 Å². The van der Waals surface area contributed by atoms with Crippen molar-refractivity contribution in [3.63, 3.8) is 0 Å². The van der Waals surface area contributed by atoms with Crippen LogP contribution in [0, 0.1) is 10.1 Å². The molecule has 0 aliphatic rings. The van der Waals surface area contributed by atoms with Gasteiger partial charge in [0.15, 0.2) is 16.4 Å². The lowest BCUT2D eigenvalue weighted by atomic mass is 10.3. The van der Waals surface area contributed by atoms with Gasteiger partial charge in [-0.3, -0.25) is 14.9 Å². The number of amides is 1. The molecule has 0 unspecified atom stereocenters. The minimum atomic E-state index is -3.29. The summed E-state index contributed by atoms with van der Waals surface area (Å²) >= 11 is 0. The number of nitrogens with zero attached hydrogens (tertiary/aromatic N) is 1. The molecule has 8 nitrogen and oxygen atoms in total. The summed E-state index contributed by atoms with van der Waals surface area (Å²) in [6.45, 7) is 1.21. The van der Waals surface area contributed by atoms with Crippen molar-refractivity contribution in [2.45, 2.75) is 11.8 Å². The van der Waals surface area contributed by atoms with Crippen molar-refractivity contribution < 1.29 is 22.9 Å². The number of ether oxygens (including phenoxy) is 1. The van der Waals surface area contributed by atoms with Gasteiger partial charge in [0.05, 0.1) is 21.6 Å². The Labute approximate surface area is 144 Å². The summed E-state index contributed by atoms with van der Waals surface area (Å²) in [5.74, 6) is -0.276. The van der Waals surface area contributed by atoms with Crippen LogP contribution in [0.2, 0.25) is 0 Å². The third kappa shape index (κ3) is 5.01. The monoisotopic (exact) mass is 364 g/mol. The average Bonchev–Trinajstić information content (AvgIpc) is 2.60. The van der Waals surface area contributed by atoms with Crippen molar-refractivity contribution in [2.24, 2.45) is 0 Å². The van der Waals surface area contributed by atoms with Gasteiger partial charge in [0.1, 0.15) is 5.75 Å². The fraction of sp³-hybridized carbons (Fsp3) is 0.188. The summed E-state index contributed by atoms with van der Waals surface area (Å²) in [5.41, 5.74) is 0.285. The molecule has 0 spiro atoms. The van der Waals surface area contributed by atoms with Gasteiger partial charge in [-0.05, 0) is 30.3 Å². The molecule has 132 valence electrons. The zero-order chi connectivity index (χ0) is 18.4. The van der Waals surface area contributed by atoms with E-state index in [4.69, 9.17) is 4.74 Å². The van der Waals surface area contributed by atoms with Crippen molar-refractivity contribution in [3.05, 3.63) is 58.6 Å². The number of hydrogen-bond acceptors (Lipinski definition) is 6.